The molecule has 33 heavy (non-hydrogen) atoms. The zero-order chi connectivity index (χ0) is 23.4. The quantitative estimate of drug-likeness (QED) is 0.374. The highest BCUT2D eigenvalue weighted by Crippen LogP contribution is 2.39. The molecule has 0 fully saturated rings. The minimum absolute atomic E-state index is 0.0646. The summed E-state index contributed by atoms with van der Waals surface area (Å²) in [6.45, 7) is 2.05. The molecule has 0 spiro atoms. The van der Waals surface area contributed by atoms with Gasteiger partial charge >= 0.3 is 0 Å². The van der Waals surface area contributed by atoms with Crippen molar-refractivity contribution >= 4 is 44.8 Å². The molecule has 1 heterocycles. The Balaban J connectivity index is 1.40. The molecule has 0 saturated carbocycles. The Kier molecular flexibility index (Phi) is 6.51. The van der Waals surface area contributed by atoms with Gasteiger partial charge in [0.25, 0.3) is 11.8 Å². The lowest BCUT2D eigenvalue weighted by molar-refractivity contribution is -0.116. The van der Waals surface area contributed by atoms with Gasteiger partial charge in [0.15, 0.2) is 0 Å². The molecule has 0 atom stereocenters. The maximum absolute atomic E-state index is 12.5. The summed E-state index contributed by atoms with van der Waals surface area (Å²) < 4.78 is 0. The number of nitrogens with two attached hydrogens (primary N) is 1. The van der Waals surface area contributed by atoms with Crippen LogP contribution in [-0.2, 0) is 4.79 Å². The number of carbonyl (C=O) groups is 3. The van der Waals surface area contributed by atoms with E-state index in [1.54, 1.807) is 6.07 Å². The van der Waals surface area contributed by atoms with Gasteiger partial charge in [0.2, 0.25) is 5.91 Å². The second-order valence-electron chi connectivity index (χ2n) is 7.58. The van der Waals surface area contributed by atoms with Crippen LogP contribution < -0.4 is 16.4 Å². The molecule has 166 valence electrons. The number of primary amides is 1. The number of amides is 3. The van der Waals surface area contributed by atoms with Crippen LogP contribution in [0.1, 0.15) is 32.0 Å². The van der Waals surface area contributed by atoms with Gasteiger partial charge in [0.1, 0.15) is 5.00 Å². The van der Waals surface area contributed by atoms with Crippen LogP contribution in [0.5, 0.6) is 0 Å². The lowest BCUT2D eigenvalue weighted by atomic mass is 10.0. The average molecular weight is 458 g/mol. The molecule has 4 rings (SSSR count). The Hall–Kier alpha value is -3.97. The first kappa shape index (κ1) is 22.2. The number of benzene rings is 3. The molecule has 0 aliphatic carbocycles. The number of anilines is 1. The number of aryl methyl sites for hydroxylation is 1. The summed E-state index contributed by atoms with van der Waals surface area (Å²) in [4.78, 5) is 38.1. The van der Waals surface area contributed by atoms with E-state index in [2.05, 4.69) is 10.6 Å². The van der Waals surface area contributed by atoms with E-state index in [1.807, 2.05) is 73.7 Å². The second-order valence-corrected chi connectivity index (χ2v) is 8.81. The van der Waals surface area contributed by atoms with Gasteiger partial charge in [-0.3, -0.25) is 14.4 Å². The van der Waals surface area contributed by atoms with Gasteiger partial charge in [-0.05, 0) is 35.4 Å². The van der Waals surface area contributed by atoms with Crippen molar-refractivity contribution in [3.63, 3.8) is 0 Å². The summed E-state index contributed by atoms with van der Waals surface area (Å²) in [5.41, 5.74) is 8.08. The second kappa shape index (κ2) is 9.67. The highest BCUT2D eigenvalue weighted by atomic mass is 32.1. The molecule has 3 amide bonds. The largest absolute Gasteiger partial charge is 0.365 e. The molecule has 0 aliphatic rings. The fourth-order valence-corrected chi connectivity index (χ4v) is 4.83. The van der Waals surface area contributed by atoms with E-state index in [1.165, 1.54) is 11.3 Å². The maximum atomic E-state index is 12.5. The smallest absolute Gasteiger partial charge is 0.252 e. The topological polar surface area (TPSA) is 101 Å². The molecule has 6 nitrogen and oxygen atoms in total. The summed E-state index contributed by atoms with van der Waals surface area (Å²) in [5.74, 6) is -1.15. The molecule has 0 radical (unpaired) electrons. The molecule has 7 heteroatoms. The Bertz CT molecular complexity index is 1350. The van der Waals surface area contributed by atoms with Crippen LogP contribution in [0.2, 0.25) is 0 Å². The molecule has 0 saturated heterocycles. The van der Waals surface area contributed by atoms with E-state index in [-0.39, 0.29) is 24.8 Å². The first-order valence-corrected chi connectivity index (χ1v) is 11.3. The summed E-state index contributed by atoms with van der Waals surface area (Å²) in [6, 6.07) is 22.7. The molecule has 0 unspecified atom stereocenters. The predicted octanol–water partition coefficient (Wildman–Crippen LogP) is 4.73. The van der Waals surface area contributed by atoms with Crippen LogP contribution in [0.15, 0.2) is 72.8 Å². The SMILES string of the molecule is Cc1sc(NC(=O)CCNC(=O)c2ccc3ccccc3c2)c(C(N)=O)c1-c1ccccc1. The number of nitrogens with one attached hydrogen (secondary N) is 2. The monoisotopic (exact) mass is 457 g/mol. The lowest BCUT2D eigenvalue weighted by Gasteiger charge is -2.08. The van der Waals surface area contributed by atoms with Crippen LogP contribution in [-0.4, -0.2) is 24.3 Å². The minimum Gasteiger partial charge on any atom is -0.365 e. The third-order valence-electron chi connectivity index (χ3n) is 5.30. The number of hydrogen-bond acceptors (Lipinski definition) is 4. The first-order chi connectivity index (χ1) is 15.9. The van der Waals surface area contributed by atoms with Crippen molar-refractivity contribution in [1.82, 2.24) is 5.32 Å². The third-order valence-corrected chi connectivity index (χ3v) is 6.32. The molecular weight excluding hydrogens is 434 g/mol. The Morgan fingerprint density at radius 3 is 2.33 bits per heavy atom. The van der Waals surface area contributed by atoms with Gasteiger partial charge in [0.05, 0.1) is 5.56 Å². The summed E-state index contributed by atoms with van der Waals surface area (Å²) in [6.07, 6.45) is 0.0646. The van der Waals surface area contributed by atoms with Crippen LogP contribution in [0.25, 0.3) is 21.9 Å². The van der Waals surface area contributed by atoms with E-state index >= 15 is 0 Å². The number of fused-ring (bicyclic) bond motifs is 1. The highest BCUT2D eigenvalue weighted by molar-refractivity contribution is 7.17. The maximum Gasteiger partial charge on any atom is 0.252 e. The fourth-order valence-electron chi connectivity index (χ4n) is 3.73. The summed E-state index contributed by atoms with van der Waals surface area (Å²) >= 11 is 1.31. The van der Waals surface area contributed by atoms with Crippen molar-refractivity contribution in [2.24, 2.45) is 5.73 Å². The van der Waals surface area contributed by atoms with Gasteiger partial charge in [0, 0.05) is 29.0 Å². The fraction of sp³-hybridized carbons (Fsp3) is 0.115. The third kappa shape index (κ3) is 4.94. The number of carbonyl (C=O) groups excluding carboxylic acids is 3. The van der Waals surface area contributed by atoms with Crippen LogP contribution in [0.4, 0.5) is 5.00 Å². The van der Waals surface area contributed by atoms with E-state index in [0.29, 0.717) is 16.1 Å². The van der Waals surface area contributed by atoms with Gasteiger partial charge in [-0.15, -0.1) is 11.3 Å². The van der Waals surface area contributed by atoms with Crippen molar-refractivity contribution in [2.75, 3.05) is 11.9 Å². The van der Waals surface area contributed by atoms with Gasteiger partial charge < -0.3 is 16.4 Å². The van der Waals surface area contributed by atoms with Gasteiger partial charge in [-0.1, -0.05) is 60.7 Å². The van der Waals surface area contributed by atoms with E-state index in [9.17, 15) is 14.4 Å². The molecule has 0 bridgehead atoms. The minimum atomic E-state index is -0.599. The normalized spacial score (nSPS) is 10.7. The zero-order valence-electron chi connectivity index (χ0n) is 18.1. The van der Waals surface area contributed by atoms with Crippen LogP contribution in [0.3, 0.4) is 0 Å². The molecule has 4 N–H and O–H groups in total. The zero-order valence-corrected chi connectivity index (χ0v) is 18.9. The van der Waals surface area contributed by atoms with Crippen molar-refractivity contribution < 1.29 is 14.4 Å². The standard InChI is InChI=1S/C26H23N3O3S/c1-16-22(18-8-3-2-4-9-18)23(24(27)31)26(33-16)29-21(30)13-14-28-25(32)20-12-11-17-7-5-6-10-19(17)15-20/h2-12,15H,13-14H2,1H3,(H2,27,31)(H,28,32)(H,29,30). The summed E-state index contributed by atoms with van der Waals surface area (Å²) in [7, 11) is 0. The van der Waals surface area contributed by atoms with Crippen molar-refractivity contribution in [2.45, 2.75) is 13.3 Å². The Morgan fingerprint density at radius 2 is 1.61 bits per heavy atom. The van der Waals surface area contributed by atoms with Crippen LogP contribution >= 0.6 is 11.3 Å². The number of rotatable bonds is 7. The first-order valence-electron chi connectivity index (χ1n) is 10.5. The predicted molar refractivity (Wildman–Crippen MR) is 133 cm³/mol. The number of thiophene rings is 1. The van der Waals surface area contributed by atoms with Gasteiger partial charge in [-0.25, -0.2) is 0 Å². The molecule has 3 aromatic carbocycles. The van der Waals surface area contributed by atoms with E-state index in [0.717, 1.165) is 26.8 Å². The Labute approximate surface area is 195 Å². The van der Waals surface area contributed by atoms with E-state index in [4.69, 9.17) is 5.73 Å². The van der Waals surface area contributed by atoms with Crippen molar-refractivity contribution in [3.05, 3.63) is 88.8 Å². The molecular formula is C26H23N3O3S. The van der Waals surface area contributed by atoms with Gasteiger partial charge in [-0.2, -0.15) is 0 Å². The number of hydrogen-bond donors (Lipinski definition) is 3. The van der Waals surface area contributed by atoms with Crippen molar-refractivity contribution in [3.8, 4) is 11.1 Å². The highest BCUT2D eigenvalue weighted by Gasteiger charge is 2.22. The molecule has 1 aromatic heterocycles. The average Bonchev–Trinajstić information content (AvgIpc) is 3.14. The van der Waals surface area contributed by atoms with E-state index < -0.39 is 5.91 Å². The lowest BCUT2D eigenvalue weighted by Crippen LogP contribution is -2.27. The van der Waals surface area contributed by atoms with Crippen molar-refractivity contribution in [1.29, 1.82) is 0 Å². The Morgan fingerprint density at radius 1 is 0.909 bits per heavy atom. The summed E-state index contributed by atoms with van der Waals surface area (Å²) in [5, 5.41) is 8.01. The molecule has 4 aromatic rings. The molecule has 0 aliphatic heterocycles. The van der Waals surface area contributed by atoms with Crippen LogP contribution in [0, 0.1) is 6.92 Å².